The molecule has 0 saturated heterocycles. The Morgan fingerprint density at radius 1 is 0.941 bits per heavy atom. The maximum Gasteiger partial charge on any atom is 0.156 e. The van der Waals surface area contributed by atoms with Crippen molar-refractivity contribution in [3.05, 3.63) is 54.6 Å². The monoisotopic (exact) mass is 244 g/mol. The van der Waals surface area contributed by atoms with Crippen molar-refractivity contribution in [1.29, 1.82) is 0 Å². The Labute approximate surface area is 105 Å². The highest BCUT2D eigenvalue weighted by molar-refractivity contribution is 8.08. The number of ether oxygens (including phenoxy) is 1. The molecule has 0 amide bonds. The molecule has 1 nitrogen and oxygen atoms in total. The maximum absolute atomic E-state index is 5.52. The highest BCUT2D eigenvalue weighted by atomic mass is 31.2. The van der Waals surface area contributed by atoms with Crippen LogP contribution in [0.3, 0.4) is 0 Å². The quantitative estimate of drug-likeness (QED) is 0.588. The smallest absolute Gasteiger partial charge is 0.156 e. The van der Waals surface area contributed by atoms with Gasteiger partial charge >= 0.3 is 0 Å². The van der Waals surface area contributed by atoms with E-state index >= 15 is 0 Å². The van der Waals surface area contributed by atoms with Crippen LogP contribution in [0.2, 0.25) is 0 Å². The normalized spacial score (nSPS) is 14.1. The van der Waals surface area contributed by atoms with Gasteiger partial charge in [0.05, 0.1) is 17.7 Å². The minimum absolute atomic E-state index is 0.217. The molecule has 0 spiro atoms. The lowest BCUT2D eigenvalue weighted by Crippen LogP contribution is -2.22. The molecule has 0 heterocycles. The Morgan fingerprint density at radius 3 is 2.18 bits per heavy atom. The molecule has 17 heavy (non-hydrogen) atoms. The molecule has 0 fully saturated rings. The number of benzene rings is 2. The second-order valence-corrected chi connectivity index (χ2v) is 5.68. The predicted octanol–water partition coefficient (Wildman–Crippen LogP) is 1.57. The summed E-state index contributed by atoms with van der Waals surface area (Å²) in [6, 6.07) is 19.4. The van der Waals surface area contributed by atoms with Gasteiger partial charge in [0.1, 0.15) is 7.57 Å². The molecule has 0 radical (unpaired) electrons. The topological polar surface area (TPSA) is 9.23 Å². The molecular weight excluding hydrogens is 226 g/mol. The molecule has 0 bridgehead atoms. The fourth-order valence-corrected chi connectivity index (χ4v) is 3.40. The van der Waals surface area contributed by atoms with E-state index in [-0.39, 0.29) is 7.57 Å². The van der Waals surface area contributed by atoms with E-state index in [9.17, 15) is 0 Å². The first-order chi connectivity index (χ1) is 8.16. The molecule has 2 aromatic rings. The molecule has 3 heteroatoms. The Kier molecular flexibility index (Phi) is 3.54. The first kappa shape index (κ1) is 12.2. The van der Waals surface area contributed by atoms with Gasteiger partial charge < -0.3 is 4.74 Å². The van der Waals surface area contributed by atoms with Crippen LogP contribution < -0.4 is 15.3 Å². The summed E-state index contributed by atoms with van der Waals surface area (Å²) >= 11 is 0. The molecule has 2 aromatic carbocycles. The molecular formula is C14H18BOP. The van der Waals surface area contributed by atoms with Crippen LogP contribution in [0.15, 0.2) is 54.6 Å². The third kappa shape index (κ3) is 2.37. The Balaban J connectivity index is 2.51. The minimum atomic E-state index is -1.08. The van der Waals surface area contributed by atoms with Crippen molar-refractivity contribution < 1.29 is 4.74 Å². The molecule has 2 rings (SSSR count). The van der Waals surface area contributed by atoms with Gasteiger partial charge in [-0.1, -0.05) is 37.5 Å². The van der Waals surface area contributed by atoms with E-state index in [0.29, 0.717) is 0 Å². The van der Waals surface area contributed by atoms with Gasteiger partial charge in [0.25, 0.3) is 0 Å². The molecule has 0 aromatic heterocycles. The summed E-state index contributed by atoms with van der Waals surface area (Å²) in [5.41, 5.74) is 0. The van der Waals surface area contributed by atoms with Crippen LogP contribution in [-0.2, 0) is 0 Å². The zero-order chi connectivity index (χ0) is 12.3. The van der Waals surface area contributed by atoms with E-state index in [4.69, 9.17) is 4.74 Å². The van der Waals surface area contributed by atoms with Crippen molar-refractivity contribution in [3.63, 3.8) is 0 Å². The first-order valence-corrected chi connectivity index (χ1v) is 7.03. The average Bonchev–Trinajstić information content (AvgIpc) is 2.39. The van der Waals surface area contributed by atoms with Crippen LogP contribution in [0.5, 0.6) is 5.75 Å². The Bertz CT molecular complexity index is 497. The van der Waals surface area contributed by atoms with Crippen molar-refractivity contribution >= 4 is 25.3 Å². The zero-order valence-electron chi connectivity index (χ0n) is 9.55. The Hall–Kier alpha value is -1.27. The molecule has 1 atom stereocenters. The predicted molar refractivity (Wildman–Crippen MR) is 81.5 cm³/mol. The largest absolute Gasteiger partial charge is 0.493 e. The lowest BCUT2D eigenvalue weighted by atomic mass is 10.3. The van der Waals surface area contributed by atoms with Crippen LogP contribution >= 0.6 is 7.14 Å². The number of para-hydroxylation sites is 1. The number of hydrogen-bond acceptors (Lipinski definition) is 1. The summed E-state index contributed by atoms with van der Waals surface area (Å²) in [5, 5.41) is 2.96. The number of rotatable bonds is 3. The highest BCUT2D eigenvalue weighted by Crippen LogP contribution is 2.49. The molecule has 0 N–H and O–H groups in total. The summed E-state index contributed by atoms with van der Waals surface area (Å²) in [6.07, 6.45) is 0. The van der Waals surface area contributed by atoms with Crippen molar-refractivity contribution in [1.82, 2.24) is 0 Å². The van der Waals surface area contributed by atoms with Gasteiger partial charge in [0, 0.05) is 6.66 Å². The van der Waals surface area contributed by atoms with Crippen LogP contribution in [0.25, 0.3) is 0 Å². The van der Waals surface area contributed by atoms with Gasteiger partial charge in [-0.2, -0.15) is 0 Å². The third-order valence-corrected chi connectivity index (χ3v) is 4.75. The lowest BCUT2D eigenvalue weighted by Gasteiger charge is -2.26. The SMILES string of the molecule is [BH3-][P+](C)(c1ccccc1)c1ccccc1OC. The molecule has 88 valence electrons. The van der Waals surface area contributed by atoms with Crippen LogP contribution in [-0.4, -0.2) is 21.3 Å². The van der Waals surface area contributed by atoms with E-state index in [2.05, 4.69) is 55.2 Å². The summed E-state index contributed by atoms with van der Waals surface area (Å²) in [7, 11) is 0.908. The fourth-order valence-electron chi connectivity index (χ4n) is 1.70. The van der Waals surface area contributed by atoms with Crippen LogP contribution in [0, 0.1) is 0 Å². The summed E-state index contributed by atoms with van der Waals surface area (Å²) < 4.78 is 5.52. The van der Waals surface area contributed by atoms with Crippen molar-refractivity contribution in [2.75, 3.05) is 13.8 Å². The molecule has 0 aliphatic heterocycles. The van der Waals surface area contributed by atoms with Gasteiger partial charge in [-0.15, -0.1) is 0 Å². The molecule has 1 unspecified atom stereocenters. The highest BCUT2D eigenvalue weighted by Gasteiger charge is 2.27. The van der Waals surface area contributed by atoms with Gasteiger partial charge in [-0.25, -0.2) is 0 Å². The number of hydrogen-bond donors (Lipinski definition) is 0. The second-order valence-electron chi connectivity index (χ2n) is 3.57. The summed E-state index contributed by atoms with van der Waals surface area (Å²) in [5.74, 6) is 1.06. The van der Waals surface area contributed by atoms with E-state index < -0.39 is 7.14 Å². The van der Waals surface area contributed by atoms with E-state index in [1.807, 2.05) is 6.07 Å². The molecule has 0 aliphatic rings. The second kappa shape index (κ2) is 4.93. The summed E-state index contributed by atoms with van der Waals surface area (Å²) in [4.78, 5) is 0. The fraction of sp³-hybridized carbons (Fsp3) is 0.143. The third-order valence-electron chi connectivity index (χ3n) is 2.59. The van der Waals surface area contributed by atoms with E-state index in [1.54, 1.807) is 7.11 Å². The summed E-state index contributed by atoms with van der Waals surface area (Å²) in [6.45, 7) is 2.44. The Morgan fingerprint density at radius 2 is 1.53 bits per heavy atom. The van der Waals surface area contributed by atoms with E-state index in [1.165, 1.54) is 10.6 Å². The molecule has 0 aliphatic carbocycles. The van der Waals surface area contributed by atoms with Gasteiger partial charge in [0.15, 0.2) is 5.75 Å². The number of methoxy groups -OCH3 is 1. The zero-order valence-corrected chi connectivity index (χ0v) is 10.4. The average molecular weight is 244 g/mol. The van der Waals surface area contributed by atoms with Crippen molar-refractivity contribution in [3.8, 4) is 5.75 Å². The van der Waals surface area contributed by atoms with Gasteiger partial charge in [-0.3, -0.25) is 0 Å². The van der Waals surface area contributed by atoms with Gasteiger partial charge in [0.2, 0.25) is 0 Å². The van der Waals surface area contributed by atoms with Crippen molar-refractivity contribution in [2.45, 2.75) is 0 Å². The lowest BCUT2D eigenvalue weighted by molar-refractivity contribution is 0.418. The van der Waals surface area contributed by atoms with Crippen LogP contribution in [0.4, 0.5) is 0 Å². The van der Waals surface area contributed by atoms with Gasteiger partial charge in [-0.05, 0) is 24.3 Å². The maximum atomic E-state index is 5.52. The first-order valence-electron chi connectivity index (χ1n) is 5.24. The minimum Gasteiger partial charge on any atom is -0.493 e. The van der Waals surface area contributed by atoms with Crippen LogP contribution in [0.1, 0.15) is 0 Å². The molecule has 0 saturated carbocycles. The van der Waals surface area contributed by atoms with E-state index in [0.717, 1.165) is 5.75 Å². The standard InChI is InChI=1S/C14H18BOP/c1-16-13-10-6-7-11-14(13)17(2,15)12-8-4-3-5-9-12/h3-11H,1-2,15H3. The van der Waals surface area contributed by atoms with Crippen molar-refractivity contribution in [2.24, 2.45) is 0 Å².